The molecule has 4 rings (SSSR count). The van der Waals surface area contributed by atoms with Crippen LogP contribution >= 0.6 is 11.6 Å². The monoisotopic (exact) mass is 589 g/mol. The molecule has 1 aliphatic heterocycles. The van der Waals surface area contributed by atoms with Crippen molar-refractivity contribution in [1.29, 1.82) is 0 Å². The van der Waals surface area contributed by atoms with E-state index in [-0.39, 0.29) is 47.0 Å². The van der Waals surface area contributed by atoms with E-state index in [1.807, 2.05) is 24.3 Å². The number of hydrogen-bond donors (Lipinski definition) is 1. The quantitative estimate of drug-likeness (QED) is 0.465. The van der Waals surface area contributed by atoms with Crippen molar-refractivity contribution in [3.05, 3.63) is 71.1 Å². The first-order valence-corrected chi connectivity index (χ1v) is 14.9. The molecule has 1 amide bonds. The van der Waals surface area contributed by atoms with E-state index < -0.39 is 10.0 Å². The summed E-state index contributed by atoms with van der Waals surface area (Å²) >= 11 is 6.25. The lowest BCUT2D eigenvalue weighted by Gasteiger charge is -2.36. The number of amides is 1. The summed E-state index contributed by atoms with van der Waals surface area (Å²) in [6.07, 6.45) is 2.63. The van der Waals surface area contributed by atoms with Crippen molar-refractivity contribution in [1.82, 2.24) is 19.4 Å². The molecule has 1 aromatic heterocycles. The summed E-state index contributed by atoms with van der Waals surface area (Å²) < 4.78 is 41.9. The molecule has 1 N–H and O–H groups in total. The summed E-state index contributed by atoms with van der Waals surface area (Å²) in [5, 5.41) is 0.567. The average Bonchev–Trinajstić information content (AvgIpc) is 3.36. The molecule has 3 aromatic rings. The molecule has 12 heteroatoms. The largest absolute Gasteiger partial charge is 0.491 e. The lowest BCUT2D eigenvalue weighted by Crippen LogP contribution is -2.46. The smallest absolute Gasteiger partial charge is 0.280 e. The van der Waals surface area contributed by atoms with Gasteiger partial charge >= 0.3 is 0 Å². The SMILES string of the molecule is CO[C@@H]1CN(C)C(=O)c2ccc(NS(=O)(=O)c3cn(C)cn3)cc2OC[C@@H](C)N(Cc2cccc(Cl)c2)C[C@H]1C. The average molecular weight is 590 g/mol. The van der Waals surface area contributed by atoms with Gasteiger partial charge in [-0.15, -0.1) is 0 Å². The Hall–Kier alpha value is -3.12. The number of carbonyl (C=O) groups is 1. The number of benzene rings is 2. The number of nitrogens with one attached hydrogen (secondary N) is 1. The van der Waals surface area contributed by atoms with E-state index in [4.69, 9.17) is 21.1 Å². The third-order valence-corrected chi connectivity index (χ3v) is 8.56. The molecule has 0 bridgehead atoms. The van der Waals surface area contributed by atoms with Crippen molar-refractivity contribution in [3.8, 4) is 5.75 Å². The van der Waals surface area contributed by atoms with Crippen LogP contribution in [0.1, 0.15) is 29.8 Å². The number of imidazole rings is 1. The Kier molecular flexibility index (Phi) is 9.40. The Labute approximate surface area is 240 Å². The summed E-state index contributed by atoms with van der Waals surface area (Å²) in [7, 11) is 1.15. The van der Waals surface area contributed by atoms with Crippen LogP contribution < -0.4 is 9.46 Å². The molecule has 0 saturated heterocycles. The second-order valence-electron chi connectivity index (χ2n) is 10.4. The highest BCUT2D eigenvalue weighted by atomic mass is 35.5. The van der Waals surface area contributed by atoms with Gasteiger partial charge < -0.3 is 18.9 Å². The number of hydrogen-bond acceptors (Lipinski definition) is 7. The van der Waals surface area contributed by atoms with Crippen LogP contribution in [0.2, 0.25) is 5.02 Å². The molecule has 3 atom stereocenters. The second-order valence-corrected chi connectivity index (χ2v) is 12.4. The maximum atomic E-state index is 13.5. The van der Waals surface area contributed by atoms with Crippen LogP contribution in [0.25, 0.3) is 0 Å². The molecule has 10 nitrogen and oxygen atoms in total. The lowest BCUT2D eigenvalue weighted by molar-refractivity contribution is 0.00922. The predicted octanol–water partition coefficient (Wildman–Crippen LogP) is 3.88. The van der Waals surface area contributed by atoms with Crippen LogP contribution in [0.5, 0.6) is 5.75 Å². The van der Waals surface area contributed by atoms with Gasteiger partial charge in [0.2, 0.25) is 0 Å². The molecule has 0 radical (unpaired) electrons. The number of likely N-dealkylation sites (N-methyl/N-ethyl adjacent to an activating group) is 1. The van der Waals surface area contributed by atoms with Gasteiger partial charge in [0, 0.05) is 64.2 Å². The number of nitrogens with zero attached hydrogens (tertiary/aromatic N) is 4. The van der Waals surface area contributed by atoms with E-state index in [9.17, 15) is 13.2 Å². The number of carbonyl (C=O) groups excluding carboxylic acids is 1. The van der Waals surface area contributed by atoms with Crippen molar-refractivity contribution < 1.29 is 22.7 Å². The van der Waals surface area contributed by atoms with Crippen molar-refractivity contribution >= 4 is 33.2 Å². The van der Waals surface area contributed by atoms with Crippen LogP contribution in [0.15, 0.2) is 60.0 Å². The highest BCUT2D eigenvalue weighted by Gasteiger charge is 2.29. The molecular weight excluding hydrogens is 554 g/mol. The third-order valence-electron chi connectivity index (χ3n) is 7.06. The van der Waals surface area contributed by atoms with Crippen LogP contribution in [0.4, 0.5) is 5.69 Å². The van der Waals surface area contributed by atoms with Crippen LogP contribution in [-0.4, -0.2) is 79.7 Å². The molecule has 216 valence electrons. The first kappa shape index (κ1) is 29.9. The first-order chi connectivity index (χ1) is 19.0. The van der Waals surface area contributed by atoms with Crippen molar-refractivity contribution in [2.75, 3.05) is 38.6 Å². The molecular formula is C28H36ClN5O5S. The summed E-state index contributed by atoms with van der Waals surface area (Å²) in [4.78, 5) is 21.3. The number of methoxy groups -OCH3 is 1. The zero-order chi connectivity index (χ0) is 29.0. The number of aromatic nitrogens is 2. The Morgan fingerprint density at radius 3 is 2.60 bits per heavy atom. The molecule has 2 aromatic carbocycles. The van der Waals surface area contributed by atoms with E-state index in [2.05, 4.69) is 28.5 Å². The number of aryl methyl sites for hydroxylation is 1. The molecule has 0 spiro atoms. The lowest BCUT2D eigenvalue weighted by atomic mass is 10.0. The summed E-state index contributed by atoms with van der Waals surface area (Å²) in [6.45, 7) is 6.18. The Morgan fingerprint density at radius 1 is 1.15 bits per heavy atom. The van der Waals surface area contributed by atoms with Gasteiger partial charge in [0.25, 0.3) is 15.9 Å². The van der Waals surface area contributed by atoms with Crippen LogP contribution in [0, 0.1) is 5.92 Å². The maximum absolute atomic E-state index is 13.5. The topological polar surface area (TPSA) is 106 Å². The molecule has 0 aliphatic carbocycles. The fourth-order valence-corrected chi connectivity index (χ4v) is 5.98. The summed E-state index contributed by atoms with van der Waals surface area (Å²) in [6, 6.07) is 12.4. The van der Waals surface area contributed by atoms with Gasteiger partial charge in [0.05, 0.1) is 23.7 Å². The first-order valence-electron chi connectivity index (χ1n) is 13.0. The number of anilines is 1. The summed E-state index contributed by atoms with van der Waals surface area (Å²) in [5.41, 5.74) is 1.67. The Bertz CT molecular complexity index is 1450. The van der Waals surface area contributed by atoms with E-state index >= 15 is 0 Å². The van der Waals surface area contributed by atoms with E-state index in [1.165, 1.54) is 18.6 Å². The fraction of sp³-hybridized carbons (Fsp3) is 0.429. The van der Waals surface area contributed by atoms with Gasteiger partial charge in [-0.3, -0.25) is 14.4 Å². The van der Waals surface area contributed by atoms with E-state index in [1.54, 1.807) is 42.8 Å². The van der Waals surface area contributed by atoms with Gasteiger partial charge in [0.15, 0.2) is 5.03 Å². The highest BCUT2D eigenvalue weighted by Crippen LogP contribution is 2.28. The Morgan fingerprint density at radius 2 is 1.93 bits per heavy atom. The maximum Gasteiger partial charge on any atom is 0.280 e. The molecule has 0 saturated carbocycles. The minimum atomic E-state index is -3.93. The van der Waals surface area contributed by atoms with Crippen molar-refractivity contribution in [2.24, 2.45) is 13.0 Å². The number of halogens is 1. The Balaban J connectivity index is 1.66. The van der Waals surface area contributed by atoms with E-state index in [0.29, 0.717) is 30.2 Å². The molecule has 2 heterocycles. The zero-order valence-corrected chi connectivity index (χ0v) is 24.9. The molecule has 1 aliphatic rings. The predicted molar refractivity (Wildman–Crippen MR) is 154 cm³/mol. The van der Waals surface area contributed by atoms with Crippen molar-refractivity contribution in [2.45, 2.75) is 37.6 Å². The second kappa shape index (κ2) is 12.6. The molecule has 40 heavy (non-hydrogen) atoms. The number of sulfonamides is 1. The van der Waals surface area contributed by atoms with Gasteiger partial charge in [-0.05, 0) is 42.7 Å². The van der Waals surface area contributed by atoms with Crippen molar-refractivity contribution in [3.63, 3.8) is 0 Å². The van der Waals surface area contributed by atoms with Crippen LogP contribution in [0.3, 0.4) is 0 Å². The number of fused-ring (bicyclic) bond motifs is 1. The third kappa shape index (κ3) is 7.14. The van der Waals surface area contributed by atoms with Gasteiger partial charge in [-0.1, -0.05) is 30.7 Å². The molecule has 0 fully saturated rings. The number of rotatable bonds is 6. The minimum Gasteiger partial charge on any atom is -0.491 e. The summed E-state index contributed by atoms with van der Waals surface area (Å²) in [5.74, 6) is 0.159. The molecule has 0 unspecified atom stereocenters. The van der Waals surface area contributed by atoms with Gasteiger partial charge in [0.1, 0.15) is 12.4 Å². The van der Waals surface area contributed by atoms with E-state index in [0.717, 1.165) is 5.56 Å². The fourth-order valence-electron chi connectivity index (χ4n) is 4.74. The normalized spacial score (nSPS) is 21.2. The zero-order valence-electron chi connectivity index (χ0n) is 23.4. The minimum absolute atomic E-state index is 0.0482. The van der Waals surface area contributed by atoms with Crippen LogP contribution in [-0.2, 0) is 28.4 Å². The highest BCUT2D eigenvalue weighted by molar-refractivity contribution is 7.92. The number of ether oxygens (including phenoxy) is 2. The standard InChI is InChI=1S/C28H36ClN5O5S/c1-19-13-34(14-21-7-6-8-22(29)11-21)20(2)17-39-25-12-23(31-40(36,37)27-16-32(3)18-30-27)9-10-24(25)28(35)33(4)15-26(19)38-5/h6-12,16,18-20,26,31H,13-15,17H2,1-5H3/t19-,20-,26-/m1/s1. The van der Waals surface area contributed by atoms with Gasteiger partial charge in [-0.2, -0.15) is 8.42 Å². The van der Waals surface area contributed by atoms with Gasteiger partial charge in [-0.25, -0.2) is 4.98 Å².